The number of phosphoric ester groups is 1. The Bertz CT molecular complexity index is 981. The first-order valence-electron chi connectivity index (χ1n) is 9.15. The molecule has 0 radical (unpaired) electrons. The van der Waals surface area contributed by atoms with Crippen molar-refractivity contribution in [1.82, 2.24) is 24.8 Å². The van der Waals surface area contributed by atoms with Gasteiger partial charge in [0.1, 0.15) is 36.2 Å². The zero-order valence-corrected chi connectivity index (χ0v) is 16.5. The summed E-state index contributed by atoms with van der Waals surface area (Å²) in [6.45, 7) is -0.00509. The number of imidazole rings is 1. The first-order valence-corrected chi connectivity index (χ1v) is 10.6. The lowest BCUT2D eigenvalue weighted by atomic mass is 10.1. The summed E-state index contributed by atoms with van der Waals surface area (Å²) in [5, 5.41) is 23.5. The highest BCUT2D eigenvalue weighted by molar-refractivity contribution is 7.48. The summed E-state index contributed by atoms with van der Waals surface area (Å²) < 4.78 is 28.4. The Morgan fingerprint density at radius 3 is 2.90 bits per heavy atom. The van der Waals surface area contributed by atoms with Crippen LogP contribution >= 0.6 is 7.82 Å². The molecule has 0 amide bonds. The topological polar surface area (TPSA) is 204 Å². The molecule has 4 heterocycles. The van der Waals surface area contributed by atoms with Gasteiger partial charge in [-0.1, -0.05) is 0 Å². The quantitative estimate of drug-likeness (QED) is 0.320. The average Bonchev–Trinajstić information content (AvgIpc) is 3.42. The molecule has 0 spiro atoms. The first-order chi connectivity index (χ1) is 14.3. The van der Waals surface area contributed by atoms with Gasteiger partial charge >= 0.3 is 13.8 Å². The molecule has 0 saturated carbocycles. The van der Waals surface area contributed by atoms with Gasteiger partial charge < -0.3 is 30.5 Å². The maximum Gasteiger partial charge on any atom is 0.529 e. The summed E-state index contributed by atoms with van der Waals surface area (Å²) in [6, 6.07) is -0.669. The minimum absolute atomic E-state index is 0.131. The molecule has 6 N–H and O–H groups in total. The molecule has 0 bridgehead atoms. The molecule has 0 aromatic carbocycles. The van der Waals surface area contributed by atoms with Crippen LogP contribution in [-0.4, -0.2) is 78.1 Å². The first kappa shape index (κ1) is 21.1. The van der Waals surface area contributed by atoms with Gasteiger partial charge in [-0.25, -0.2) is 24.3 Å². The van der Waals surface area contributed by atoms with E-state index in [0.29, 0.717) is 13.0 Å². The summed E-state index contributed by atoms with van der Waals surface area (Å²) in [6.07, 6.45) is -1.42. The SMILES string of the molecule is Nc1ncnc2c1ncn2[C@@H]1O[C@H](COP(=O)(O)OC(=O)[C@@H]2CCCN2)[C@@H](O)[C@H]1O. The van der Waals surface area contributed by atoms with Gasteiger partial charge in [0.05, 0.1) is 12.9 Å². The summed E-state index contributed by atoms with van der Waals surface area (Å²) >= 11 is 0. The summed E-state index contributed by atoms with van der Waals surface area (Å²) in [5.41, 5.74) is 6.29. The Labute approximate surface area is 169 Å². The number of carbonyl (C=O) groups is 1. The number of anilines is 1. The second kappa shape index (κ2) is 8.15. The molecule has 2 aromatic heterocycles. The number of ether oxygens (including phenoxy) is 1. The highest BCUT2D eigenvalue weighted by atomic mass is 31.2. The van der Waals surface area contributed by atoms with E-state index in [9.17, 15) is 24.5 Å². The molecule has 2 saturated heterocycles. The molecule has 0 aliphatic carbocycles. The van der Waals surface area contributed by atoms with Crippen LogP contribution in [0.15, 0.2) is 12.7 Å². The number of hydrogen-bond donors (Lipinski definition) is 5. The van der Waals surface area contributed by atoms with E-state index in [1.807, 2.05) is 0 Å². The third kappa shape index (κ3) is 4.03. The van der Waals surface area contributed by atoms with E-state index >= 15 is 0 Å². The van der Waals surface area contributed by atoms with Gasteiger partial charge in [-0.2, -0.15) is 0 Å². The molecular formula is C15H21N6O8P. The van der Waals surface area contributed by atoms with Crippen LogP contribution in [0.4, 0.5) is 5.82 Å². The number of nitrogens with zero attached hydrogens (tertiary/aromatic N) is 4. The van der Waals surface area contributed by atoms with Gasteiger partial charge in [-0.15, -0.1) is 0 Å². The Kier molecular flexibility index (Phi) is 5.72. The number of nitrogens with two attached hydrogens (primary N) is 1. The van der Waals surface area contributed by atoms with Crippen molar-refractivity contribution < 1.29 is 38.3 Å². The van der Waals surface area contributed by atoms with Crippen molar-refractivity contribution in [3.05, 3.63) is 12.7 Å². The average molecular weight is 444 g/mol. The fourth-order valence-corrected chi connectivity index (χ4v) is 4.15. The number of nitrogens with one attached hydrogen (secondary N) is 1. The van der Waals surface area contributed by atoms with Crippen LogP contribution in [-0.2, 0) is 23.1 Å². The Morgan fingerprint density at radius 2 is 2.17 bits per heavy atom. The number of hydrogen-bond acceptors (Lipinski definition) is 12. The molecule has 4 rings (SSSR count). The van der Waals surface area contributed by atoms with Crippen molar-refractivity contribution >= 4 is 30.8 Å². The second-order valence-electron chi connectivity index (χ2n) is 6.95. The maximum absolute atomic E-state index is 12.1. The maximum atomic E-state index is 12.1. The molecule has 6 atom stereocenters. The number of nitrogen functional groups attached to an aromatic ring is 1. The van der Waals surface area contributed by atoms with Crippen LogP contribution < -0.4 is 11.1 Å². The Balaban J connectivity index is 1.41. The molecule has 2 fully saturated rings. The molecule has 2 aliphatic rings. The van der Waals surface area contributed by atoms with Crippen LogP contribution in [0.3, 0.4) is 0 Å². The number of carbonyl (C=O) groups excluding carboxylic acids is 1. The number of aliphatic hydroxyl groups excluding tert-OH is 2. The van der Waals surface area contributed by atoms with Crippen molar-refractivity contribution in [2.45, 2.75) is 43.4 Å². The van der Waals surface area contributed by atoms with Crippen LogP contribution in [0.2, 0.25) is 0 Å². The van der Waals surface area contributed by atoms with Crippen molar-refractivity contribution in [3.63, 3.8) is 0 Å². The fraction of sp³-hybridized carbons (Fsp3) is 0.600. The van der Waals surface area contributed by atoms with Gasteiger partial charge in [0.2, 0.25) is 0 Å². The van der Waals surface area contributed by atoms with Crippen LogP contribution in [0.1, 0.15) is 19.1 Å². The number of aliphatic hydroxyl groups is 2. The second-order valence-corrected chi connectivity index (χ2v) is 8.33. The molecule has 164 valence electrons. The van der Waals surface area contributed by atoms with Crippen molar-refractivity contribution in [2.75, 3.05) is 18.9 Å². The third-order valence-electron chi connectivity index (χ3n) is 4.95. The van der Waals surface area contributed by atoms with E-state index in [0.717, 1.165) is 6.42 Å². The van der Waals surface area contributed by atoms with Crippen molar-refractivity contribution in [2.24, 2.45) is 0 Å². The van der Waals surface area contributed by atoms with Gasteiger partial charge in [0, 0.05) is 0 Å². The summed E-state index contributed by atoms with van der Waals surface area (Å²) in [7, 11) is -4.74. The highest BCUT2D eigenvalue weighted by Crippen LogP contribution is 2.45. The summed E-state index contributed by atoms with van der Waals surface area (Å²) in [4.78, 5) is 33.6. The molecule has 2 aliphatic heterocycles. The monoisotopic (exact) mass is 444 g/mol. The fourth-order valence-electron chi connectivity index (χ4n) is 3.41. The van der Waals surface area contributed by atoms with Gasteiger partial charge in [-0.3, -0.25) is 14.0 Å². The zero-order chi connectivity index (χ0) is 21.5. The van der Waals surface area contributed by atoms with Crippen molar-refractivity contribution in [1.29, 1.82) is 0 Å². The lowest BCUT2D eigenvalue weighted by Gasteiger charge is -2.18. The molecule has 30 heavy (non-hydrogen) atoms. The zero-order valence-electron chi connectivity index (χ0n) is 15.6. The number of fused-ring (bicyclic) bond motifs is 1. The standard InChI is InChI=1S/C15H21N6O8P/c16-12-9-13(19-5-18-12)21(6-20-9)14-11(23)10(22)8(28-14)4-27-30(25,26)29-15(24)7-2-1-3-17-7/h5-8,10-11,14,17,22-23H,1-4H2,(H,25,26)(H2,16,18,19)/t7-,8+,10+,11+,14+/m0/s1. The van der Waals surface area contributed by atoms with Gasteiger partial charge in [0.25, 0.3) is 0 Å². The minimum atomic E-state index is -4.74. The normalized spacial score (nSPS) is 31.1. The largest absolute Gasteiger partial charge is 0.529 e. The Hall–Kier alpha value is -2.19. The van der Waals surface area contributed by atoms with E-state index in [-0.39, 0.29) is 17.0 Å². The molecule has 2 aromatic rings. The minimum Gasteiger partial charge on any atom is -0.387 e. The number of rotatable bonds is 6. The van der Waals surface area contributed by atoms with Crippen LogP contribution in [0.25, 0.3) is 11.2 Å². The van der Waals surface area contributed by atoms with Gasteiger partial charge in [0.15, 0.2) is 17.7 Å². The third-order valence-corrected chi connectivity index (χ3v) is 5.84. The van der Waals surface area contributed by atoms with Crippen LogP contribution in [0, 0.1) is 0 Å². The smallest absolute Gasteiger partial charge is 0.387 e. The molecule has 1 unspecified atom stereocenters. The van der Waals surface area contributed by atoms with Gasteiger partial charge in [-0.05, 0) is 19.4 Å². The lowest BCUT2D eigenvalue weighted by Crippen LogP contribution is -2.34. The predicted octanol–water partition coefficient (Wildman–Crippen LogP) is -1.56. The van der Waals surface area contributed by atoms with Crippen LogP contribution in [0.5, 0.6) is 0 Å². The van der Waals surface area contributed by atoms with E-state index in [2.05, 4.69) is 24.8 Å². The van der Waals surface area contributed by atoms with E-state index < -0.39 is 51.0 Å². The summed E-state index contributed by atoms with van der Waals surface area (Å²) in [5.74, 6) is -0.766. The van der Waals surface area contributed by atoms with E-state index in [1.165, 1.54) is 17.2 Å². The molecule has 14 nitrogen and oxygen atoms in total. The van der Waals surface area contributed by atoms with E-state index in [1.54, 1.807) is 0 Å². The van der Waals surface area contributed by atoms with E-state index in [4.69, 9.17) is 15.0 Å². The number of aromatic nitrogens is 4. The number of phosphoric acid groups is 1. The lowest BCUT2D eigenvalue weighted by molar-refractivity contribution is -0.138. The highest BCUT2D eigenvalue weighted by Gasteiger charge is 2.46. The molecular weight excluding hydrogens is 423 g/mol. The predicted molar refractivity (Wildman–Crippen MR) is 98.6 cm³/mol. The molecule has 15 heteroatoms. The van der Waals surface area contributed by atoms with Crippen molar-refractivity contribution in [3.8, 4) is 0 Å². The Morgan fingerprint density at radius 1 is 1.37 bits per heavy atom.